The Bertz CT molecular complexity index is 401. The molecule has 1 heterocycles. The molecule has 1 atom stereocenters. The molecule has 0 bridgehead atoms. The summed E-state index contributed by atoms with van der Waals surface area (Å²) in [6, 6.07) is 8.02. The van der Waals surface area contributed by atoms with Gasteiger partial charge in [-0.3, -0.25) is 4.79 Å². The molecule has 1 aliphatic heterocycles. The van der Waals surface area contributed by atoms with Crippen LogP contribution in [0.3, 0.4) is 0 Å². The first-order chi connectivity index (χ1) is 8.16. The monoisotopic (exact) mass is 233 g/mol. The minimum absolute atomic E-state index is 0.103. The highest BCUT2D eigenvalue weighted by molar-refractivity contribution is 5.76. The van der Waals surface area contributed by atoms with Crippen molar-refractivity contribution in [1.29, 1.82) is 0 Å². The van der Waals surface area contributed by atoms with E-state index in [0.29, 0.717) is 18.9 Å². The van der Waals surface area contributed by atoms with Gasteiger partial charge < -0.3 is 10.1 Å². The van der Waals surface area contributed by atoms with E-state index in [2.05, 4.69) is 19.2 Å². The molecule has 1 aliphatic rings. The molecule has 1 unspecified atom stereocenters. The fourth-order valence-corrected chi connectivity index (χ4v) is 2.12. The topological polar surface area (TPSA) is 38.3 Å². The fraction of sp³-hybridized carbons (Fsp3) is 0.500. The summed E-state index contributed by atoms with van der Waals surface area (Å²) in [5, 5.41) is 3.09. The molecule has 0 fully saturated rings. The van der Waals surface area contributed by atoms with Gasteiger partial charge in [0.15, 0.2) is 0 Å². The number of nitrogens with one attached hydrogen (secondary N) is 1. The van der Waals surface area contributed by atoms with Crippen molar-refractivity contribution in [2.45, 2.75) is 32.7 Å². The van der Waals surface area contributed by atoms with Gasteiger partial charge in [0.05, 0.1) is 12.6 Å². The first-order valence-corrected chi connectivity index (χ1v) is 6.18. The van der Waals surface area contributed by atoms with Gasteiger partial charge in [-0.25, -0.2) is 0 Å². The molecule has 0 radical (unpaired) electrons. The molecule has 92 valence electrons. The van der Waals surface area contributed by atoms with Crippen LogP contribution in [0.5, 0.6) is 5.75 Å². The van der Waals surface area contributed by atoms with Crippen LogP contribution in [-0.4, -0.2) is 12.5 Å². The normalized spacial score (nSPS) is 18.4. The van der Waals surface area contributed by atoms with Gasteiger partial charge in [-0.2, -0.15) is 0 Å². The first kappa shape index (κ1) is 12.0. The highest BCUT2D eigenvalue weighted by atomic mass is 16.5. The summed E-state index contributed by atoms with van der Waals surface area (Å²) < 4.78 is 5.57. The van der Waals surface area contributed by atoms with Crippen molar-refractivity contribution >= 4 is 5.91 Å². The van der Waals surface area contributed by atoms with Gasteiger partial charge in [0.1, 0.15) is 5.75 Å². The standard InChI is InChI=1S/C14H19NO2/c1-10(2)9-14(16)15-12-7-8-17-13-6-4-3-5-11(12)13/h3-6,10,12H,7-9H2,1-2H3,(H,15,16). The molecule has 0 saturated heterocycles. The van der Waals surface area contributed by atoms with Gasteiger partial charge in [0.2, 0.25) is 5.91 Å². The highest BCUT2D eigenvalue weighted by Crippen LogP contribution is 2.31. The van der Waals surface area contributed by atoms with Crippen LogP contribution >= 0.6 is 0 Å². The SMILES string of the molecule is CC(C)CC(=O)NC1CCOc2ccccc21. The number of hydrogen-bond donors (Lipinski definition) is 1. The largest absolute Gasteiger partial charge is 0.493 e. The molecule has 0 spiro atoms. The van der Waals surface area contributed by atoms with E-state index in [0.717, 1.165) is 17.7 Å². The summed E-state index contributed by atoms with van der Waals surface area (Å²) >= 11 is 0. The van der Waals surface area contributed by atoms with Gasteiger partial charge >= 0.3 is 0 Å². The quantitative estimate of drug-likeness (QED) is 0.871. The lowest BCUT2D eigenvalue weighted by molar-refractivity contribution is -0.122. The molecule has 1 aromatic carbocycles. The lowest BCUT2D eigenvalue weighted by Crippen LogP contribution is -2.32. The van der Waals surface area contributed by atoms with Crippen LogP contribution in [0.25, 0.3) is 0 Å². The molecular formula is C14H19NO2. The summed E-state index contributed by atoms with van der Waals surface area (Å²) in [6.07, 6.45) is 1.43. The van der Waals surface area contributed by atoms with Crippen molar-refractivity contribution in [2.75, 3.05) is 6.61 Å². The number of rotatable bonds is 3. The van der Waals surface area contributed by atoms with Gasteiger partial charge in [-0.15, -0.1) is 0 Å². The fourth-order valence-electron chi connectivity index (χ4n) is 2.12. The van der Waals surface area contributed by atoms with Crippen LogP contribution in [0, 0.1) is 5.92 Å². The van der Waals surface area contributed by atoms with Crippen molar-refractivity contribution in [2.24, 2.45) is 5.92 Å². The number of hydrogen-bond acceptors (Lipinski definition) is 2. The number of ether oxygens (including phenoxy) is 1. The minimum atomic E-state index is 0.103. The zero-order valence-corrected chi connectivity index (χ0v) is 10.4. The lowest BCUT2D eigenvalue weighted by Gasteiger charge is -2.26. The number of carbonyl (C=O) groups excluding carboxylic acids is 1. The Morgan fingerprint density at radius 1 is 1.47 bits per heavy atom. The third kappa shape index (κ3) is 2.99. The average molecular weight is 233 g/mol. The summed E-state index contributed by atoms with van der Waals surface area (Å²) in [6.45, 7) is 4.78. The van der Waals surface area contributed by atoms with Gasteiger partial charge in [0.25, 0.3) is 0 Å². The molecule has 1 amide bonds. The first-order valence-electron chi connectivity index (χ1n) is 6.18. The molecule has 1 aromatic rings. The van der Waals surface area contributed by atoms with Crippen molar-refractivity contribution < 1.29 is 9.53 Å². The van der Waals surface area contributed by atoms with Crippen molar-refractivity contribution in [3.63, 3.8) is 0 Å². The second kappa shape index (κ2) is 5.21. The highest BCUT2D eigenvalue weighted by Gasteiger charge is 2.22. The van der Waals surface area contributed by atoms with Crippen LogP contribution in [0.4, 0.5) is 0 Å². The van der Waals surface area contributed by atoms with Crippen LogP contribution < -0.4 is 10.1 Å². The van der Waals surface area contributed by atoms with Crippen molar-refractivity contribution in [3.8, 4) is 5.75 Å². The smallest absolute Gasteiger partial charge is 0.220 e. The van der Waals surface area contributed by atoms with E-state index >= 15 is 0 Å². The van der Waals surface area contributed by atoms with E-state index in [9.17, 15) is 4.79 Å². The number of para-hydroxylation sites is 1. The second-order valence-corrected chi connectivity index (χ2v) is 4.89. The molecule has 0 saturated carbocycles. The average Bonchev–Trinajstić information content (AvgIpc) is 2.28. The Balaban J connectivity index is 2.06. The predicted octanol–water partition coefficient (Wildman–Crippen LogP) is 2.67. The predicted molar refractivity (Wildman–Crippen MR) is 66.9 cm³/mol. The van der Waals surface area contributed by atoms with E-state index in [1.165, 1.54) is 0 Å². The number of amides is 1. The maximum Gasteiger partial charge on any atom is 0.220 e. The second-order valence-electron chi connectivity index (χ2n) is 4.89. The summed E-state index contributed by atoms with van der Waals surface area (Å²) in [4.78, 5) is 11.8. The molecule has 2 rings (SSSR count). The third-order valence-corrected chi connectivity index (χ3v) is 2.89. The lowest BCUT2D eigenvalue weighted by atomic mass is 10.00. The number of benzene rings is 1. The molecular weight excluding hydrogens is 214 g/mol. The summed E-state index contributed by atoms with van der Waals surface area (Å²) in [5.41, 5.74) is 1.09. The van der Waals surface area contributed by atoms with Gasteiger partial charge in [-0.05, 0) is 12.0 Å². The van der Waals surface area contributed by atoms with E-state index < -0.39 is 0 Å². The Labute approximate surface area is 102 Å². The number of carbonyl (C=O) groups is 1. The number of fused-ring (bicyclic) bond motifs is 1. The zero-order chi connectivity index (χ0) is 12.3. The summed E-state index contributed by atoms with van der Waals surface area (Å²) in [5.74, 6) is 1.42. The van der Waals surface area contributed by atoms with Crippen LogP contribution in [0.1, 0.15) is 38.3 Å². The zero-order valence-electron chi connectivity index (χ0n) is 10.4. The Morgan fingerprint density at radius 3 is 3.00 bits per heavy atom. The Kier molecular flexibility index (Phi) is 3.67. The van der Waals surface area contributed by atoms with E-state index in [4.69, 9.17) is 4.74 Å². The van der Waals surface area contributed by atoms with Crippen LogP contribution in [-0.2, 0) is 4.79 Å². The third-order valence-electron chi connectivity index (χ3n) is 2.89. The van der Waals surface area contributed by atoms with E-state index in [1.54, 1.807) is 0 Å². The van der Waals surface area contributed by atoms with Gasteiger partial charge in [-0.1, -0.05) is 32.0 Å². The van der Waals surface area contributed by atoms with Crippen LogP contribution in [0.15, 0.2) is 24.3 Å². The van der Waals surface area contributed by atoms with E-state index in [-0.39, 0.29) is 11.9 Å². The Morgan fingerprint density at radius 2 is 2.24 bits per heavy atom. The molecule has 0 aliphatic carbocycles. The van der Waals surface area contributed by atoms with Gasteiger partial charge in [0, 0.05) is 18.4 Å². The molecule has 17 heavy (non-hydrogen) atoms. The maximum absolute atomic E-state index is 11.8. The molecule has 3 heteroatoms. The minimum Gasteiger partial charge on any atom is -0.493 e. The van der Waals surface area contributed by atoms with Crippen LogP contribution in [0.2, 0.25) is 0 Å². The maximum atomic E-state index is 11.8. The molecule has 3 nitrogen and oxygen atoms in total. The van der Waals surface area contributed by atoms with Crippen molar-refractivity contribution in [3.05, 3.63) is 29.8 Å². The molecule has 1 N–H and O–H groups in total. The van der Waals surface area contributed by atoms with E-state index in [1.807, 2.05) is 24.3 Å². The Hall–Kier alpha value is -1.51. The molecule has 0 aromatic heterocycles. The van der Waals surface area contributed by atoms with Crippen molar-refractivity contribution in [1.82, 2.24) is 5.32 Å². The summed E-state index contributed by atoms with van der Waals surface area (Å²) in [7, 11) is 0.